The Morgan fingerprint density at radius 1 is 1.80 bits per heavy atom. The quantitative estimate of drug-likeness (QED) is 0.350. The summed E-state index contributed by atoms with van der Waals surface area (Å²) in [7, 11) is 0. The van der Waals surface area contributed by atoms with Crippen LogP contribution in [0.3, 0.4) is 0 Å². The first-order valence-electron chi connectivity index (χ1n) is 4.06. The van der Waals surface area contributed by atoms with Crippen LogP contribution in [0.4, 0.5) is 5.69 Å². The molecule has 1 rings (SSSR count). The zero-order chi connectivity index (χ0) is 11.3. The smallest absolute Gasteiger partial charge is 0.268 e. The van der Waals surface area contributed by atoms with Gasteiger partial charge >= 0.3 is 5.69 Å². The van der Waals surface area contributed by atoms with Crippen molar-refractivity contribution >= 4 is 17.7 Å². The van der Waals surface area contributed by atoms with Crippen LogP contribution in [-0.2, 0) is 0 Å². The fourth-order valence-electron chi connectivity index (χ4n) is 0.954. The number of rotatable bonds is 3. The van der Waals surface area contributed by atoms with E-state index < -0.39 is 4.92 Å². The predicted octanol–water partition coefficient (Wildman–Crippen LogP) is 1.30. The normalized spacial score (nSPS) is 11.9. The van der Waals surface area contributed by atoms with Gasteiger partial charge in [-0.1, -0.05) is 6.58 Å². The Morgan fingerprint density at radius 3 is 3.07 bits per heavy atom. The predicted molar refractivity (Wildman–Crippen MR) is 56.1 cm³/mol. The van der Waals surface area contributed by atoms with Gasteiger partial charge < -0.3 is 0 Å². The van der Waals surface area contributed by atoms with Gasteiger partial charge in [-0.25, -0.2) is 9.98 Å². The number of nitro groups is 1. The van der Waals surface area contributed by atoms with Crippen LogP contribution in [-0.4, -0.2) is 27.2 Å². The van der Waals surface area contributed by atoms with E-state index in [1.165, 1.54) is 12.4 Å². The summed E-state index contributed by atoms with van der Waals surface area (Å²) in [6, 6.07) is 0. The fraction of sp³-hybridized carbons (Fsp3) is 0.125. The highest BCUT2D eigenvalue weighted by molar-refractivity contribution is 6.04. The highest BCUT2D eigenvalue weighted by Crippen LogP contribution is 2.15. The number of nitrogens with zero attached hydrogens (tertiary/aromatic N) is 4. The van der Waals surface area contributed by atoms with Crippen molar-refractivity contribution in [2.24, 2.45) is 9.98 Å². The Labute approximate surface area is 85.4 Å². The highest BCUT2D eigenvalue weighted by Gasteiger charge is 2.19. The third-order valence-corrected chi connectivity index (χ3v) is 1.50. The molecule has 1 heterocycles. The van der Waals surface area contributed by atoms with Crippen LogP contribution in [0.1, 0.15) is 12.6 Å². The summed E-state index contributed by atoms with van der Waals surface area (Å²) >= 11 is 0. The van der Waals surface area contributed by atoms with Crippen LogP contribution >= 0.6 is 0 Å². The van der Waals surface area contributed by atoms with Gasteiger partial charge in [-0.15, -0.1) is 0 Å². The Kier molecular flexibility index (Phi) is 3.44. The Hall–Kier alpha value is -2.31. The molecule has 0 aliphatic heterocycles. The molecule has 0 radical (unpaired) electrons. The summed E-state index contributed by atoms with van der Waals surface area (Å²) in [4.78, 5) is 17.7. The van der Waals surface area contributed by atoms with Gasteiger partial charge in [0.15, 0.2) is 11.5 Å². The molecule has 1 aromatic rings. The van der Waals surface area contributed by atoms with Crippen molar-refractivity contribution < 1.29 is 4.92 Å². The second-order valence-electron chi connectivity index (χ2n) is 2.41. The number of aromatic nitrogens is 2. The van der Waals surface area contributed by atoms with Crippen LogP contribution in [0.5, 0.6) is 0 Å². The molecule has 0 amide bonds. The summed E-state index contributed by atoms with van der Waals surface area (Å²) in [5.41, 5.74) is -0.000741. The molecule has 0 bridgehead atoms. The van der Waals surface area contributed by atoms with Crippen molar-refractivity contribution in [1.82, 2.24) is 10.2 Å². The lowest BCUT2D eigenvalue weighted by Gasteiger charge is -1.94. The number of aromatic amines is 1. The van der Waals surface area contributed by atoms with Crippen LogP contribution in [0, 0.1) is 10.1 Å². The highest BCUT2D eigenvalue weighted by atomic mass is 16.6. The number of nitrogens with one attached hydrogen (secondary N) is 1. The summed E-state index contributed by atoms with van der Waals surface area (Å²) in [6.07, 6.45) is 3.85. The maximum absolute atomic E-state index is 10.6. The van der Waals surface area contributed by atoms with Crippen molar-refractivity contribution in [2.75, 3.05) is 0 Å². The molecule has 0 atom stereocenters. The van der Waals surface area contributed by atoms with Crippen LogP contribution in [0.2, 0.25) is 0 Å². The van der Waals surface area contributed by atoms with Gasteiger partial charge in [-0.3, -0.25) is 15.2 Å². The molecule has 0 fully saturated rings. The zero-order valence-corrected chi connectivity index (χ0v) is 8.04. The van der Waals surface area contributed by atoms with Crippen molar-refractivity contribution in [1.29, 1.82) is 0 Å². The van der Waals surface area contributed by atoms with Crippen molar-refractivity contribution in [3.63, 3.8) is 0 Å². The van der Waals surface area contributed by atoms with E-state index in [-0.39, 0.29) is 17.2 Å². The Balaban J connectivity index is 3.23. The second-order valence-corrected chi connectivity index (χ2v) is 2.41. The minimum atomic E-state index is -0.553. The maximum atomic E-state index is 10.6. The molecule has 78 valence electrons. The number of amidine groups is 1. The minimum absolute atomic E-state index is 0.165. The van der Waals surface area contributed by atoms with E-state index in [1.807, 2.05) is 0 Å². The average molecular weight is 207 g/mol. The van der Waals surface area contributed by atoms with Gasteiger partial charge in [0.05, 0.1) is 4.92 Å². The molecular formula is C8H9N5O2. The largest absolute Gasteiger partial charge is 0.317 e. The van der Waals surface area contributed by atoms with E-state index in [1.54, 1.807) is 6.92 Å². The molecule has 1 N–H and O–H groups in total. The summed E-state index contributed by atoms with van der Waals surface area (Å²) < 4.78 is 0. The first kappa shape index (κ1) is 10.8. The number of H-pyrrole nitrogens is 1. The molecule has 0 aromatic carbocycles. The zero-order valence-electron chi connectivity index (χ0n) is 8.04. The lowest BCUT2D eigenvalue weighted by Crippen LogP contribution is -2.01. The Bertz CT molecular complexity index is 432. The molecule has 7 nitrogen and oxygen atoms in total. The first-order chi connectivity index (χ1) is 7.20. The summed E-state index contributed by atoms with van der Waals surface area (Å²) in [5, 5.41) is 16.7. The number of hydrogen-bond acceptors (Lipinski definition) is 4. The third kappa shape index (κ3) is 2.33. The molecule has 15 heavy (non-hydrogen) atoms. The van der Waals surface area contributed by atoms with Gasteiger partial charge in [0.1, 0.15) is 6.20 Å². The molecule has 0 aliphatic carbocycles. The average Bonchev–Trinajstić information content (AvgIpc) is 2.65. The number of hydrogen-bond donors (Lipinski definition) is 1. The molecule has 0 unspecified atom stereocenters. The van der Waals surface area contributed by atoms with Crippen molar-refractivity contribution in [3.05, 3.63) is 34.8 Å². The van der Waals surface area contributed by atoms with E-state index in [4.69, 9.17) is 0 Å². The number of aliphatic imine (C=N–C) groups is 2. The lowest BCUT2D eigenvalue weighted by molar-refractivity contribution is -0.385. The van der Waals surface area contributed by atoms with Gasteiger partial charge in [-0.05, 0) is 6.92 Å². The van der Waals surface area contributed by atoms with E-state index in [9.17, 15) is 10.1 Å². The van der Waals surface area contributed by atoms with Gasteiger partial charge in [0.25, 0.3) is 0 Å². The van der Waals surface area contributed by atoms with E-state index in [0.29, 0.717) is 0 Å². The topological polar surface area (TPSA) is 96.5 Å². The lowest BCUT2D eigenvalue weighted by atomic mass is 10.3. The molecule has 1 aromatic heterocycles. The van der Waals surface area contributed by atoms with Gasteiger partial charge in [0.2, 0.25) is 0 Å². The standard InChI is InChI=1S/C8H9N5O2/c1-3-9-8(10-4-2)7-6(13(14)15)5-11-12-7/h3-5H,1H2,2H3,(H,11,12). The fourth-order valence-corrected chi connectivity index (χ4v) is 0.954. The molecular weight excluding hydrogens is 198 g/mol. The second kappa shape index (κ2) is 4.80. The monoisotopic (exact) mass is 207 g/mol. The van der Waals surface area contributed by atoms with Crippen LogP contribution in [0.15, 0.2) is 29.0 Å². The van der Waals surface area contributed by atoms with E-state index >= 15 is 0 Å². The van der Waals surface area contributed by atoms with E-state index in [2.05, 4.69) is 26.8 Å². The van der Waals surface area contributed by atoms with Crippen molar-refractivity contribution in [3.8, 4) is 0 Å². The Morgan fingerprint density at radius 2 is 2.53 bits per heavy atom. The molecule has 0 saturated carbocycles. The van der Waals surface area contributed by atoms with Crippen LogP contribution in [0.25, 0.3) is 0 Å². The third-order valence-electron chi connectivity index (χ3n) is 1.50. The summed E-state index contributed by atoms with van der Waals surface area (Å²) in [5.74, 6) is 0.178. The SMILES string of the molecule is C=CN=C(N=CC)c1[nH]ncc1[N+](=O)[O-]. The van der Waals surface area contributed by atoms with E-state index in [0.717, 1.165) is 6.20 Å². The molecule has 0 aliphatic rings. The van der Waals surface area contributed by atoms with Crippen molar-refractivity contribution in [2.45, 2.75) is 6.92 Å². The molecule has 7 heteroatoms. The summed E-state index contributed by atoms with van der Waals surface area (Å²) in [6.45, 7) is 5.08. The van der Waals surface area contributed by atoms with Gasteiger partial charge in [0, 0.05) is 12.4 Å². The van der Waals surface area contributed by atoms with Crippen LogP contribution < -0.4 is 0 Å². The van der Waals surface area contributed by atoms with Gasteiger partial charge in [-0.2, -0.15) is 5.10 Å². The minimum Gasteiger partial charge on any atom is -0.268 e. The molecule has 0 spiro atoms. The first-order valence-corrected chi connectivity index (χ1v) is 4.06. The maximum Gasteiger partial charge on any atom is 0.317 e. The molecule has 0 saturated heterocycles.